The average Bonchev–Trinajstić information content (AvgIpc) is 2.15. The molecule has 92 valence electrons. The highest BCUT2D eigenvalue weighted by molar-refractivity contribution is 5.97. The van der Waals surface area contributed by atoms with Crippen LogP contribution in [0, 0.1) is 0 Å². The van der Waals surface area contributed by atoms with Gasteiger partial charge in [-0.3, -0.25) is 4.79 Å². The Bertz CT molecular complexity index is 418. The zero-order valence-electron chi connectivity index (χ0n) is 9.17. The van der Waals surface area contributed by atoms with Crippen molar-refractivity contribution in [2.75, 3.05) is 0 Å². The highest BCUT2D eigenvalue weighted by Crippen LogP contribution is 2.23. The van der Waals surface area contributed by atoms with Crippen molar-refractivity contribution in [3.05, 3.63) is 42.0 Å². The Morgan fingerprint density at radius 2 is 1.82 bits per heavy atom. The molecule has 1 rings (SSSR count). The van der Waals surface area contributed by atoms with Gasteiger partial charge < -0.3 is 4.74 Å². The standard InChI is InChI=1S/C12H11F3O2/c1-8(2)7-11(16)9-3-5-10(6-4-9)17-12(13,14)15/h3-6H,1,7H2,2H3. The van der Waals surface area contributed by atoms with Crippen LogP contribution in [-0.4, -0.2) is 12.1 Å². The quantitative estimate of drug-likeness (QED) is 0.595. The smallest absolute Gasteiger partial charge is 0.406 e. The number of hydrogen-bond donors (Lipinski definition) is 0. The Labute approximate surface area is 96.7 Å². The molecule has 2 nitrogen and oxygen atoms in total. The van der Waals surface area contributed by atoms with E-state index in [1.54, 1.807) is 6.92 Å². The van der Waals surface area contributed by atoms with Gasteiger partial charge in [-0.15, -0.1) is 13.2 Å². The molecule has 0 radical (unpaired) electrons. The maximum Gasteiger partial charge on any atom is 0.573 e. The van der Waals surface area contributed by atoms with Gasteiger partial charge in [0.25, 0.3) is 0 Å². The molecule has 0 fully saturated rings. The molecule has 0 amide bonds. The minimum absolute atomic E-state index is 0.180. The zero-order chi connectivity index (χ0) is 13.1. The first-order chi connectivity index (χ1) is 7.78. The Kier molecular flexibility index (Phi) is 3.93. The summed E-state index contributed by atoms with van der Waals surface area (Å²) in [5, 5.41) is 0. The summed E-state index contributed by atoms with van der Waals surface area (Å²) in [6, 6.07) is 4.82. The summed E-state index contributed by atoms with van der Waals surface area (Å²) >= 11 is 0. The topological polar surface area (TPSA) is 26.3 Å². The largest absolute Gasteiger partial charge is 0.573 e. The van der Waals surface area contributed by atoms with Gasteiger partial charge >= 0.3 is 6.36 Å². The predicted molar refractivity (Wildman–Crippen MR) is 56.9 cm³/mol. The van der Waals surface area contributed by atoms with Crippen molar-refractivity contribution in [3.8, 4) is 5.75 Å². The molecule has 0 aromatic heterocycles. The van der Waals surface area contributed by atoms with Crippen molar-refractivity contribution >= 4 is 5.78 Å². The van der Waals surface area contributed by atoms with Crippen molar-refractivity contribution in [1.29, 1.82) is 0 Å². The average molecular weight is 244 g/mol. The molecule has 0 spiro atoms. The lowest BCUT2D eigenvalue weighted by molar-refractivity contribution is -0.274. The third kappa shape index (κ3) is 4.72. The van der Waals surface area contributed by atoms with Gasteiger partial charge in [0.2, 0.25) is 0 Å². The molecule has 0 saturated carbocycles. The van der Waals surface area contributed by atoms with Gasteiger partial charge in [-0.05, 0) is 31.2 Å². The molecule has 0 heterocycles. The SMILES string of the molecule is C=C(C)CC(=O)c1ccc(OC(F)(F)F)cc1. The molecule has 0 aliphatic rings. The minimum Gasteiger partial charge on any atom is -0.406 e. The molecule has 0 aliphatic heterocycles. The molecule has 5 heteroatoms. The fraction of sp³-hybridized carbons (Fsp3) is 0.250. The second-order valence-electron chi connectivity index (χ2n) is 3.63. The van der Waals surface area contributed by atoms with E-state index in [0.717, 1.165) is 12.1 Å². The molecule has 17 heavy (non-hydrogen) atoms. The van der Waals surface area contributed by atoms with Crippen LogP contribution in [0.4, 0.5) is 13.2 Å². The van der Waals surface area contributed by atoms with Crippen LogP contribution < -0.4 is 4.74 Å². The summed E-state index contributed by atoms with van der Waals surface area (Å²) in [4.78, 5) is 11.5. The van der Waals surface area contributed by atoms with E-state index in [-0.39, 0.29) is 18.0 Å². The number of alkyl halides is 3. The molecule has 1 aromatic rings. The highest BCUT2D eigenvalue weighted by Gasteiger charge is 2.30. The minimum atomic E-state index is -4.72. The van der Waals surface area contributed by atoms with E-state index in [9.17, 15) is 18.0 Å². The van der Waals surface area contributed by atoms with E-state index in [4.69, 9.17) is 0 Å². The summed E-state index contributed by atoms with van der Waals surface area (Å²) in [5.41, 5.74) is 1.04. The number of ketones is 1. The molecule has 0 bridgehead atoms. The number of allylic oxidation sites excluding steroid dienone is 1. The van der Waals surface area contributed by atoms with Gasteiger partial charge in [0.15, 0.2) is 5.78 Å². The number of hydrogen-bond acceptors (Lipinski definition) is 2. The third-order valence-corrected chi connectivity index (χ3v) is 1.87. The fourth-order valence-corrected chi connectivity index (χ4v) is 1.22. The van der Waals surface area contributed by atoms with E-state index in [0.29, 0.717) is 11.1 Å². The Morgan fingerprint density at radius 3 is 2.24 bits per heavy atom. The van der Waals surface area contributed by atoms with Gasteiger partial charge in [-0.25, -0.2) is 0 Å². The van der Waals surface area contributed by atoms with Crippen LogP contribution in [0.15, 0.2) is 36.4 Å². The van der Waals surface area contributed by atoms with Gasteiger partial charge in [-0.1, -0.05) is 12.2 Å². The number of benzene rings is 1. The lowest BCUT2D eigenvalue weighted by Crippen LogP contribution is -2.17. The Balaban J connectivity index is 2.74. The molecule has 0 atom stereocenters. The lowest BCUT2D eigenvalue weighted by atomic mass is 10.1. The van der Waals surface area contributed by atoms with E-state index in [1.165, 1.54) is 12.1 Å². The lowest BCUT2D eigenvalue weighted by Gasteiger charge is -2.08. The molecule has 0 aliphatic carbocycles. The zero-order valence-corrected chi connectivity index (χ0v) is 9.17. The maximum absolute atomic E-state index is 11.9. The summed E-state index contributed by atoms with van der Waals surface area (Å²) in [6.07, 6.45) is -4.54. The monoisotopic (exact) mass is 244 g/mol. The van der Waals surface area contributed by atoms with Gasteiger partial charge in [0.05, 0.1) is 0 Å². The summed E-state index contributed by atoms with van der Waals surface area (Å²) < 4.78 is 39.3. The first-order valence-electron chi connectivity index (χ1n) is 4.81. The third-order valence-electron chi connectivity index (χ3n) is 1.87. The van der Waals surface area contributed by atoms with Crippen molar-refractivity contribution in [2.24, 2.45) is 0 Å². The van der Waals surface area contributed by atoms with Gasteiger partial charge in [0, 0.05) is 12.0 Å². The van der Waals surface area contributed by atoms with Gasteiger partial charge in [0.1, 0.15) is 5.75 Å². The van der Waals surface area contributed by atoms with Crippen LogP contribution in [0.1, 0.15) is 23.7 Å². The van der Waals surface area contributed by atoms with Gasteiger partial charge in [-0.2, -0.15) is 0 Å². The summed E-state index contributed by atoms with van der Waals surface area (Å²) in [5.74, 6) is -0.527. The highest BCUT2D eigenvalue weighted by atomic mass is 19.4. The number of carbonyl (C=O) groups is 1. The molecule has 0 unspecified atom stereocenters. The molecular weight excluding hydrogens is 233 g/mol. The van der Waals surface area contributed by atoms with Crippen molar-refractivity contribution < 1.29 is 22.7 Å². The van der Waals surface area contributed by atoms with E-state index < -0.39 is 6.36 Å². The number of ether oxygens (including phenoxy) is 1. The fourth-order valence-electron chi connectivity index (χ4n) is 1.22. The van der Waals surface area contributed by atoms with Crippen LogP contribution in [0.25, 0.3) is 0 Å². The van der Waals surface area contributed by atoms with Crippen molar-refractivity contribution in [3.63, 3.8) is 0 Å². The van der Waals surface area contributed by atoms with Crippen LogP contribution in [0.3, 0.4) is 0 Å². The number of rotatable bonds is 4. The summed E-state index contributed by atoms with van der Waals surface area (Å²) in [7, 11) is 0. The Hall–Kier alpha value is -1.78. The van der Waals surface area contributed by atoms with Crippen LogP contribution in [-0.2, 0) is 0 Å². The van der Waals surface area contributed by atoms with Crippen LogP contribution in [0.5, 0.6) is 5.75 Å². The Morgan fingerprint density at radius 1 is 1.29 bits per heavy atom. The first-order valence-corrected chi connectivity index (χ1v) is 4.81. The summed E-state index contributed by atoms with van der Waals surface area (Å²) in [6.45, 7) is 5.30. The molecule has 0 saturated heterocycles. The number of halogens is 3. The molecular formula is C12H11F3O2. The second kappa shape index (κ2) is 5.03. The van der Waals surface area contributed by atoms with Crippen molar-refractivity contribution in [1.82, 2.24) is 0 Å². The molecule has 1 aromatic carbocycles. The van der Waals surface area contributed by atoms with Crippen LogP contribution in [0.2, 0.25) is 0 Å². The molecule has 0 N–H and O–H groups in total. The van der Waals surface area contributed by atoms with Crippen LogP contribution >= 0.6 is 0 Å². The second-order valence-corrected chi connectivity index (χ2v) is 3.63. The number of carbonyl (C=O) groups excluding carboxylic acids is 1. The maximum atomic E-state index is 11.9. The van der Waals surface area contributed by atoms with E-state index >= 15 is 0 Å². The first kappa shape index (κ1) is 13.3. The normalized spacial score (nSPS) is 11.1. The number of Topliss-reactive ketones (excluding diaryl/α,β-unsaturated/α-hetero) is 1. The van der Waals surface area contributed by atoms with E-state index in [1.807, 2.05) is 0 Å². The van der Waals surface area contributed by atoms with E-state index in [2.05, 4.69) is 11.3 Å². The predicted octanol–water partition coefficient (Wildman–Crippen LogP) is 3.73. The van der Waals surface area contributed by atoms with Crippen molar-refractivity contribution in [2.45, 2.75) is 19.7 Å².